The molecule has 0 fully saturated rings. The highest BCUT2D eigenvalue weighted by Gasteiger charge is 2.16. The van der Waals surface area contributed by atoms with Gasteiger partial charge in [0.15, 0.2) is 5.78 Å². The number of rotatable bonds is 4. The van der Waals surface area contributed by atoms with E-state index >= 15 is 0 Å². The van der Waals surface area contributed by atoms with Gasteiger partial charge in [0.05, 0.1) is 0 Å². The van der Waals surface area contributed by atoms with Crippen molar-refractivity contribution in [1.82, 2.24) is 0 Å². The molecule has 2 heteroatoms. The molecule has 0 aliphatic heterocycles. The number of nitrogens with zero attached hydrogens (tertiary/aromatic N) is 1. The smallest absolute Gasteiger partial charge is 0.170 e. The van der Waals surface area contributed by atoms with Crippen molar-refractivity contribution in [1.29, 1.82) is 0 Å². The Labute approximate surface area is 114 Å². The third-order valence-corrected chi connectivity index (χ3v) is 3.36. The van der Waals surface area contributed by atoms with Crippen LogP contribution in [0.2, 0.25) is 0 Å². The standard InChI is InChI=1S/C17H19NO/c1-13(17(19)15-7-5-4-6-8-15)14-9-11-16(12-10-14)18(2)3/h4-13H,1-3H3/t13-/m1/s1. The molecule has 2 aromatic rings. The van der Waals surface area contributed by atoms with E-state index < -0.39 is 0 Å². The Hall–Kier alpha value is -2.09. The number of hydrogen-bond acceptors (Lipinski definition) is 2. The molecule has 19 heavy (non-hydrogen) atoms. The second-order valence-electron chi connectivity index (χ2n) is 4.94. The summed E-state index contributed by atoms with van der Waals surface area (Å²) in [6.07, 6.45) is 0. The highest BCUT2D eigenvalue weighted by Crippen LogP contribution is 2.22. The fraction of sp³-hybridized carbons (Fsp3) is 0.235. The molecule has 0 aromatic heterocycles. The van der Waals surface area contributed by atoms with Gasteiger partial charge in [-0.25, -0.2) is 0 Å². The van der Waals surface area contributed by atoms with E-state index in [1.54, 1.807) is 0 Å². The highest BCUT2D eigenvalue weighted by molar-refractivity contribution is 6.00. The molecule has 0 aliphatic rings. The lowest BCUT2D eigenvalue weighted by Gasteiger charge is -2.15. The molecular formula is C17H19NO. The van der Waals surface area contributed by atoms with E-state index in [0.717, 1.165) is 16.8 Å². The quantitative estimate of drug-likeness (QED) is 0.774. The van der Waals surface area contributed by atoms with E-state index in [2.05, 4.69) is 0 Å². The van der Waals surface area contributed by atoms with Crippen LogP contribution in [0, 0.1) is 0 Å². The van der Waals surface area contributed by atoms with E-state index in [0.29, 0.717) is 0 Å². The summed E-state index contributed by atoms with van der Waals surface area (Å²) in [5.41, 5.74) is 2.97. The van der Waals surface area contributed by atoms with Crippen LogP contribution in [0.25, 0.3) is 0 Å². The Kier molecular flexibility index (Phi) is 4.00. The van der Waals surface area contributed by atoms with Crippen molar-refractivity contribution in [3.05, 3.63) is 65.7 Å². The van der Waals surface area contributed by atoms with Crippen LogP contribution in [-0.2, 0) is 0 Å². The zero-order valence-corrected chi connectivity index (χ0v) is 11.6. The minimum atomic E-state index is -0.112. The molecule has 2 rings (SSSR count). The van der Waals surface area contributed by atoms with E-state index in [-0.39, 0.29) is 11.7 Å². The van der Waals surface area contributed by atoms with Gasteiger partial charge >= 0.3 is 0 Å². The first-order chi connectivity index (χ1) is 9.09. The molecule has 0 spiro atoms. The number of carbonyl (C=O) groups excluding carboxylic acids is 1. The van der Waals surface area contributed by atoms with Crippen LogP contribution in [0.4, 0.5) is 5.69 Å². The van der Waals surface area contributed by atoms with Crippen LogP contribution in [-0.4, -0.2) is 19.9 Å². The lowest BCUT2D eigenvalue weighted by atomic mass is 9.92. The predicted octanol–water partition coefficient (Wildman–Crippen LogP) is 3.74. The van der Waals surface area contributed by atoms with Gasteiger partial charge in [-0.3, -0.25) is 4.79 Å². The normalized spacial score (nSPS) is 11.9. The van der Waals surface area contributed by atoms with Gasteiger partial charge in [0.25, 0.3) is 0 Å². The Balaban J connectivity index is 2.20. The minimum Gasteiger partial charge on any atom is -0.378 e. The van der Waals surface area contributed by atoms with Crippen LogP contribution in [0.5, 0.6) is 0 Å². The molecule has 0 N–H and O–H groups in total. The maximum atomic E-state index is 12.4. The van der Waals surface area contributed by atoms with Crippen LogP contribution in [0.15, 0.2) is 54.6 Å². The molecule has 98 valence electrons. The molecule has 0 radical (unpaired) electrons. The molecule has 0 amide bonds. The summed E-state index contributed by atoms with van der Waals surface area (Å²) in [6.45, 7) is 1.96. The summed E-state index contributed by atoms with van der Waals surface area (Å²) in [7, 11) is 4.01. The van der Waals surface area contributed by atoms with Gasteiger partial charge in [-0.2, -0.15) is 0 Å². The first-order valence-corrected chi connectivity index (χ1v) is 6.46. The predicted molar refractivity (Wildman–Crippen MR) is 80.0 cm³/mol. The Morgan fingerprint density at radius 2 is 1.53 bits per heavy atom. The lowest BCUT2D eigenvalue weighted by Crippen LogP contribution is -2.11. The van der Waals surface area contributed by atoms with Crippen molar-refractivity contribution in [2.24, 2.45) is 0 Å². The molecule has 0 saturated heterocycles. The second-order valence-corrected chi connectivity index (χ2v) is 4.94. The van der Waals surface area contributed by atoms with Gasteiger partial charge < -0.3 is 4.90 Å². The zero-order valence-electron chi connectivity index (χ0n) is 11.6. The molecule has 2 nitrogen and oxygen atoms in total. The number of ketones is 1. The van der Waals surface area contributed by atoms with Gasteiger partial charge in [-0.15, -0.1) is 0 Å². The number of Topliss-reactive ketones (excluding diaryl/α,β-unsaturated/α-hetero) is 1. The van der Waals surface area contributed by atoms with E-state index in [1.165, 1.54) is 0 Å². The molecule has 0 heterocycles. The number of anilines is 1. The Morgan fingerprint density at radius 1 is 0.947 bits per heavy atom. The Morgan fingerprint density at radius 3 is 2.05 bits per heavy atom. The first-order valence-electron chi connectivity index (χ1n) is 6.46. The van der Waals surface area contributed by atoms with Crippen LogP contribution in [0.1, 0.15) is 28.8 Å². The van der Waals surface area contributed by atoms with E-state index in [4.69, 9.17) is 0 Å². The molecule has 0 saturated carbocycles. The number of benzene rings is 2. The fourth-order valence-corrected chi connectivity index (χ4v) is 2.06. The fourth-order valence-electron chi connectivity index (χ4n) is 2.06. The summed E-state index contributed by atoms with van der Waals surface area (Å²) < 4.78 is 0. The van der Waals surface area contributed by atoms with Crippen molar-refractivity contribution in [2.45, 2.75) is 12.8 Å². The molecule has 2 aromatic carbocycles. The first kappa shape index (κ1) is 13.3. The largest absolute Gasteiger partial charge is 0.378 e. The third-order valence-electron chi connectivity index (χ3n) is 3.36. The van der Waals surface area contributed by atoms with Crippen molar-refractivity contribution in [3.63, 3.8) is 0 Å². The SMILES string of the molecule is C[C@@H](C(=O)c1ccccc1)c1ccc(N(C)C)cc1. The van der Waals surface area contributed by atoms with Gasteiger partial charge in [-0.1, -0.05) is 49.4 Å². The summed E-state index contributed by atoms with van der Waals surface area (Å²) in [4.78, 5) is 14.4. The van der Waals surface area contributed by atoms with Crippen molar-refractivity contribution in [2.75, 3.05) is 19.0 Å². The minimum absolute atomic E-state index is 0.112. The molecule has 0 unspecified atom stereocenters. The lowest BCUT2D eigenvalue weighted by molar-refractivity contribution is 0.0966. The molecule has 0 bridgehead atoms. The van der Waals surface area contributed by atoms with Gasteiger partial charge in [-0.05, 0) is 17.7 Å². The highest BCUT2D eigenvalue weighted by atomic mass is 16.1. The molecule has 1 atom stereocenters. The van der Waals surface area contributed by atoms with Crippen molar-refractivity contribution >= 4 is 11.5 Å². The van der Waals surface area contributed by atoms with Crippen molar-refractivity contribution < 1.29 is 4.79 Å². The summed E-state index contributed by atoms with van der Waals surface area (Å²) in [5.74, 6) is 0.0526. The van der Waals surface area contributed by atoms with Crippen LogP contribution < -0.4 is 4.90 Å². The monoisotopic (exact) mass is 253 g/mol. The van der Waals surface area contributed by atoms with Gasteiger partial charge in [0.2, 0.25) is 0 Å². The van der Waals surface area contributed by atoms with Gasteiger partial charge in [0, 0.05) is 31.3 Å². The zero-order chi connectivity index (χ0) is 13.8. The maximum Gasteiger partial charge on any atom is 0.170 e. The third kappa shape index (κ3) is 3.02. The number of hydrogen-bond donors (Lipinski definition) is 0. The average Bonchev–Trinajstić information content (AvgIpc) is 2.46. The Bertz CT molecular complexity index is 543. The topological polar surface area (TPSA) is 20.3 Å². The molecular weight excluding hydrogens is 234 g/mol. The second kappa shape index (κ2) is 5.70. The van der Waals surface area contributed by atoms with Crippen LogP contribution >= 0.6 is 0 Å². The number of carbonyl (C=O) groups is 1. The van der Waals surface area contributed by atoms with Crippen LogP contribution in [0.3, 0.4) is 0 Å². The van der Waals surface area contributed by atoms with Crippen molar-refractivity contribution in [3.8, 4) is 0 Å². The van der Waals surface area contributed by atoms with Gasteiger partial charge in [0.1, 0.15) is 0 Å². The summed E-state index contributed by atoms with van der Waals surface area (Å²) >= 11 is 0. The molecule has 0 aliphatic carbocycles. The van der Waals surface area contributed by atoms with E-state index in [9.17, 15) is 4.79 Å². The summed E-state index contributed by atoms with van der Waals surface area (Å²) in [5, 5.41) is 0. The van der Waals surface area contributed by atoms with E-state index in [1.807, 2.05) is 80.5 Å². The average molecular weight is 253 g/mol. The summed E-state index contributed by atoms with van der Waals surface area (Å²) in [6, 6.07) is 17.6. The maximum absolute atomic E-state index is 12.4.